The first kappa shape index (κ1) is 13.0. The van der Waals surface area contributed by atoms with Gasteiger partial charge in [-0.05, 0) is 12.1 Å². The number of rotatable bonds is 3. The van der Waals surface area contributed by atoms with Crippen LogP contribution in [0, 0.1) is 0 Å². The van der Waals surface area contributed by atoms with Crippen molar-refractivity contribution in [2.24, 2.45) is 0 Å². The Kier molecular flexibility index (Phi) is 3.93. The molecule has 0 radical (unpaired) electrons. The standard InChI is InChI=1S/C12H14O6/c13-6-8-9(14)10(12(16)17-8)18-11(15)7-4-2-1-3-5-7/h1-5,8-10,12-14,16H,6H2/t8-,9-,10+,12+/m0/s1. The van der Waals surface area contributed by atoms with Crippen molar-refractivity contribution in [3.8, 4) is 0 Å². The van der Waals surface area contributed by atoms with Crippen LogP contribution in [0.1, 0.15) is 10.4 Å². The molecular formula is C12H14O6. The van der Waals surface area contributed by atoms with E-state index in [1.807, 2.05) is 0 Å². The van der Waals surface area contributed by atoms with Gasteiger partial charge in [0.15, 0.2) is 12.4 Å². The SMILES string of the molecule is O=C(O[C@@H]1[C@@H](O)[C@H](CO)O[C@H]1O)c1ccccc1. The van der Waals surface area contributed by atoms with E-state index < -0.39 is 37.2 Å². The zero-order valence-electron chi connectivity index (χ0n) is 9.47. The van der Waals surface area contributed by atoms with Crippen LogP contribution in [-0.2, 0) is 9.47 Å². The predicted octanol–water partition coefficient (Wildman–Crippen LogP) is -0.718. The van der Waals surface area contributed by atoms with E-state index in [1.165, 1.54) is 0 Å². The lowest BCUT2D eigenvalue weighted by molar-refractivity contribution is -0.135. The highest BCUT2D eigenvalue weighted by atomic mass is 16.7. The minimum Gasteiger partial charge on any atom is -0.450 e. The van der Waals surface area contributed by atoms with Gasteiger partial charge in [0.1, 0.15) is 12.2 Å². The average molecular weight is 254 g/mol. The van der Waals surface area contributed by atoms with Gasteiger partial charge in [0.25, 0.3) is 0 Å². The van der Waals surface area contributed by atoms with E-state index in [4.69, 9.17) is 14.6 Å². The van der Waals surface area contributed by atoms with E-state index in [9.17, 15) is 15.0 Å². The van der Waals surface area contributed by atoms with Crippen molar-refractivity contribution >= 4 is 5.97 Å². The van der Waals surface area contributed by atoms with Gasteiger partial charge in [0, 0.05) is 0 Å². The largest absolute Gasteiger partial charge is 0.450 e. The third-order valence-corrected chi connectivity index (χ3v) is 2.75. The number of aliphatic hydroxyl groups excluding tert-OH is 3. The number of carbonyl (C=O) groups is 1. The molecule has 1 aliphatic rings. The molecule has 98 valence electrons. The molecule has 1 aliphatic heterocycles. The van der Waals surface area contributed by atoms with Crippen LogP contribution < -0.4 is 0 Å². The van der Waals surface area contributed by atoms with Crippen LogP contribution in [0.5, 0.6) is 0 Å². The number of esters is 1. The summed E-state index contributed by atoms with van der Waals surface area (Å²) in [7, 11) is 0. The van der Waals surface area contributed by atoms with Crippen LogP contribution >= 0.6 is 0 Å². The summed E-state index contributed by atoms with van der Waals surface area (Å²) in [5.74, 6) is -0.666. The average Bonchev–Trinajstić information content (AvgIpc) is 2.67. The zero-order chi connectivity index (χ0) is 13.1. The molecule has 6 heteroatoms. The van der Waals surface area contributed by atoms with Crippen molar-refractivity contribution in [1.82, 2.24) is 0 Å². The molecule has 4 atom stereocenters. The molecule has 0 saturated carbocycles. The van der Waals surface area contributed by atoms with E-state index in [0.717, 1.165) is 0 Å². The Hall–Kier alpha value is -1.47. The lowest BCUT2D eigenvalue weighted by atomic mass is 10.1. The van der Waals surface area contributed by atoms with Crippen LogP contribution in [0.2, 0.25) is 0 Å². The normalized spacial score (nSPS) is 31.3. The maximum atomic E-state index is 11.7. The van der Waals surface area contributed by atoms with Gasteiger partial charge in [-0.3, -0.25) is 0 Å². The van der Waals surface area contributed by atoms with Crippen LogP contribution in [0.4, 0.5) is 0 Å². The molecule has 1 aromatic rings. The van der Waals surface area contributed by atoms with Crippen LogP contribution in [0.15, 0.2) is 30.3 Å². The molecule has 0 aromatic heterocycles. The summed E-state index contributed by atoms with van der Waals surface area (Å²) in [5, 5.41) is 28.1. The molecular weight excluding hydrogens is 240 g/mol. The van der Waals surface area contributed by atoms with E-state index in [2.05, 4.69) is 0 Å². The minimum atomic E-state index is -1.44. The fraction of sp³-hybridized carbons (Fsp3) is 0.417. The molecule has 18 heavy (non-hydrogen) atoms. The Bertz CT molecular complexity index is 406. The van der Waals surface area contributed by atoms with Gasteiger partial charge < -0.3 is 24.8 Å². The number of ether oxygens (including phenoxy) is 2. The summed E-state index contributed by atoms with van der Waals surface area (Å²) in [6, 6.07) is 8.21. The molecule has 0 amide bonds. The van der Waals surface area contributed by atoms with Crippen molar-refractivity contribution in [3.63, 3.8) is 0 Å². The molecule has 0 bridgehead atoms. The Morgan fingerprint density at radius 3 is 2.50 bits per heavy atom. The highest BCUT2D eigenvalue weighted by molar-refractivity contribution is 5.89. The molecule has 0 spiro atoms. The van der Waals surface area contributed by atoms with Gasteiger partial charge in [0.2, 0.25) is 0 Å². The highest BCUT2D eigenvalue weighted by Gasteiger charge is 2.45. The molecule has 0 unspecified atom stereocenters. The summed E-state index contributed by atoms with van der Waals surface area (Å²) in [6.07, 6.45) is -4.84. The van der Waals surface area contributed by atoms with E-state index >= 15 is 0 Å². The number of hydrogen-bond donors (Lipinski definition) is 3. The summed E-state index contributed by atoms with van der Waals surface area (Å²) >= 11 is 0. The molecule has 2 rings (SSSR count). The van der Waals surface area contributed by atoms with Gasteiger partial charge >= 0.3 is 5.97 Å². The van der Waals surface area contributed by atoms with E-state index in [0.29, 0.717) is 5.56 Å². The highest BCUT2D eigenvalue weighted by Crippen LogP contribution is 2.23. The maximum absolute atomic E-state index is 11.7. The second kappa shape index (κ2) is 5.45. The predicted molar refractivity (Wildman–Crippen MR) is 59.6 cm³/mol. The van der Waals surface area contributed by atoms with Gasteiger partial charge in [-0.2, -0.15) is 0 Å². The first-order valence-corrected chi connectivity index (χ1v) is 5.52. The molecule has 1 fully saturated rings. The Morgan fingerprint density at radius 1 is 1.28 bits per heavy atom. The van der Waals surface area contributed by atoms with Crippen molar-refractivity contribution in [3.05, 3.63) is 35.9 Å². The summed E-state index contributed by atoms with van der Waals surface area (Å²) in [6.45, 7) is -0.461. The van der Waals surface area contributed by atoms with Crippen molar-refractivity contribution in [2.45, 2.75) is 24.6 Å². The van der Waals surface area contributed by atoms with Gasteiger partial charge in [-0.25, -0.2) is 4.79 Å². The Balaban J connectivity index is 2.04. The van der Waals surface area contributed by atoms with Gasteiger partial charge in [0.05, 0.1) is 12.2 Å². The molecule has 3 N–H and O–H groups in total. The zero-order valence-corrected chi connectivity index (χ0v) is 9.47. The minimum absolute atomic E-state index is 0.310. The topological polar surface area (TPSA) is 96.2 Å². The lowest BCUT2D eigenvalue weighted by Crippen LogP contribution is -2.37. The molecule has 1 heterocycles. The van der Waals surface area contributed by atoms with Crippen molar-refractivity contribution < 1.29 is 29.6 Å². The Labute approximate surface area is 103 Å². The van der Waals surface area contributed by atoms with Crippen molar-refractivity contribution in [1.29, 1.82) is 0 Å². The van der Waals surface area contributed by atoms with Crippen LogP contribution in [0.25, 0.3) is 0 Å². The third-order valence-electron chi connectivity index (χ3n) is 2.75. The number of aliphatic hydroxyl groups is 3. The van der Waals surface area contributed by atoms with Gasteiger partial charge in [-0.1, -0.05) is 18.2 Å². The van der Waals surface area contributed by atoms with Gasteiger partial charge in [-0.15, -0.1) is 0 Å². The fourth-order valence-corrected chi connectivity index (χ4v) is 1.76. The molecule has 1 aromatic carbocycles. The molecule has 6 nitrogen and oxygen atoms in total. The quantitative estimate of drug-likeness (QED) is 0.616. The number of carbonyl (C=O) groups excluding carboxylic acids is 1. The Morgan fingerprint density at radius 2 is 1.94 bits per heavy atom. The number of benzene rings is 1. The summed E-state index contributed by atoms with van der Waals surface area (Å²) in [5.41, 5.74) is 0.310. The molecule has 1 saturated heterocycles. The smallest absolute Gasteiger partial charge is 0.338 e. The number of hydrogen-bond acceptors (Lipinski definition) is 6. The fourth-order valence-electron chi connectivity index (χ4n) is 1.76. The monoisotopic (exact) mass is 254 g/mol. The van der Waals surface area contributed by atoms with Crippen LogP contribution in [0.3, 0.4) is 0 Å². The van der Waals surface area contributed by atoms with Crippen molar-refractivity contribution in [2.75, 3.05) is 6.61 Å². The lowest BCUT2D eigenvalue weighted by Gasteiger charge is -2.17. The van der Waals surface area contributed by atoms with E-state index in [-0.39, 0.29) is 0 Å². The third kappa shape index (κ3) is 2.51. The van der Waals surface area contributed by atoms with E-state index in [1.54, 1.807) is 30.3 Å². The van der Waals surface area contributed by atoms with Crippen LogP contribution in [-0.4, -0.2) is 52.5 Å². The first-order valence-electron chi connectivity index (χ1n) is 5.52. The summed E-state index contributed by atoms with van der Waals surface area (Å²) in [4.78, 5) is 11.7. The first-order chi connectivity index (χ1) is 8.63. The molecule has 0 aliphatic carbocycles. The maximum Gasteiger partial charge on any atom is 0.338 e. The second-order valence-corrected chi connectivity index (χ2v) is 3.97. The summed E-state index contributed by atoms with van der Waals surface area (Å²) < 4.78 is 9.83. The second-order valence-electron chi connectivity index (χ2n) is 3.97.